The minimum absolute atomic E-state index is 0.0298. The van der Waals surface area contributed by atoms with Crippen molar-refractivity contribution < 1.29 is 9.90 Å². The predicted molar refractivity (Wildman–Crippen MR) is 77.0 cm³/mol. The third kappa shape index (κ3) is 3.97. The summed E-state index contributed by atoms with van der Waals surface area (Å²) in [6.07, 6.45) is 0. The largest absolute Gasteiger partial charge is 0.480 e. The molecule has 1 atom stereocenters. The number of aliphatic carboxylic acids is 1. The van der Waals surface area contributed by atoms with Gasteiger partial charge in [0.2, 0.25) is 0 Å². The summed E-state index contributed by atoms with van der Waals surface area (Å²) < 4.78 is 0.935. The van der Waals surface area contributed by atoms with Crippen molar-refractivity contribution in [2.75, 3.05) is 0 Å². The van der Waals surface area contributed by atoms with Crippen LogP contribution in [0, 0.1) is 12.8 Å². The number of nitrogens with one attached hydrogen (secondary N) is 1. The molecule has 2 N–H and O–H groups in total. The maximum atomic E-state index is 11.1. The molecule has 5 heteroatoms. The number of carboxylic acids is 1. The summed E-state index contributed by atoms with van der Waals surface area (Å²) in [6, 6.07) is 3.23. The molecule has 0 aliphatic rings. The summed E-state index contributed by atoms with van der Waals surface area (Å²) in [4.78, 5) is 11.1. The number of carboxylic acid groups (broad SMARTS) is 1. The van der Waals surface area contributed by atoms with Gasteiger partial charge in [-0.2, -0.15) is 0 Å². The van der Waals surface area contributed by atoms with Gasteiger partial charge < -0.3 is 10.4 Å². The smallest absolute Gasteiger partial charge is 0.320 e. The fraction of sp³-hybridized carbons (Fsp3) is 0.462. The fourth-order valence-electron chi connectivity index (χ4n) is 1.65. The van der Waals surface area contributed by atoms with Gasteiger partial charge in [0.05, 0.1) is 0 Å². The van der Waals surface area contributed by atoms with E-state index in [9.17, 15) is 4.79 Å². The van der Waals surface area contributed by atoms with Crippen LogP contribution in [0.25, 0.3) is 0 Å². The highest BCUT2D eigenvalue weighted by Crippen LogP contribution is 2.25. The summed E-state index contributed by atoms with van der Waals surface area (Å²) in [5, 5.41) is 12.8. The van der Waals surface area contributed by atoms with Crippen molar-refractivity contribution in [2.24, 2.45) is 5.92 Å². The normalized spacial score (nSPS) is 12.8. The number of rotatable bonds is 5. The number of benzene rings is 1. The third-order valence-corrected chi connectivity index (χ3v) is 3.92. The zero-order valence-corrected chi connectivity index (χ0v) is 13.0. The van der Waals surface area contributed by atoms with E-state index in [0.717, 1.165) is 15.6 Å². The van der Waals surface area contributed by atoms with Crippen molar-refractivity contribution in [2.45, 2.75) is 33.4 Å². The summed E-state index contributed by atoms with van der Waals surface area (Å²) >= 11 is 9.52. The number of halogens is 2. The molecule has 0 aromatic heterocycles. The van der Waals surface area contributed by atoms with E-state index >= 15 is 0 Å². The number of aryl methyl sites for hydroxylation is 1. The van der Waals surface area contributed by atoms with Crippen molar-refractivity contribution in [1.82, 2.24) is 5.32 Å². The van der Waals surface area contributed by atoms with Crippen LogP contribution in [0.1, 0.15) is 25.0 Å². The van der Waals surface area contributed by atoms with Crippen LogP contribution in [0.2, 0.25) is 5.02 Å². The summed E-state index contributed by atoms with van der Waals surface area (Å²) in [7, 11) is 0. The first kappa shape index (κ1) is 15.5. The minimum atomic E-state index is -0.834. The maximum absolute atomic E-state index is 11.1. The Bertz CT molecular complexity index is 449. The molecule has 0 saturated heterocycles. The van der Waals surface area contributed by atoms with E-state index in [-0.39, 0.29) is 5.92 Å². The lowest BCUT2D eigenvalue weighted by atomic mass is 10.0. The van der Waals surface area contributed by atoms with Gasteiger partial charge in [0.1, 0.15) is 6.04 Å². The lowest BCUT2D eigenvalue weighted by molar-refractivity contribution is -0.140. The van der Waals surface area contributed by atoms with E-state index in [2.05, 4.69) is 21.2 Å². The van der Waals surface area contributed by atoms with Gasteiger partial charge in [0, 0.05) is 16.0 Å². The number of hydrogen-bond acceptors (Lipinski definition) is 2. The quantitative estimate of drug-likeness (QED) is 0.865. The van der Waals surface area contributed by atoms with Gasteiger partial charge in [-0.3, -0.25) is 4.79 Å². The highest BCUT2D eigenvalue weighted by Gasteiger charge is 2.20. The molecule has 0 amide bonds. The second-order valence-corrected chi connectivity index (χ2v) is 5.90. The second kappa shape index (κ2) is 6.55. The first-order valence-corrected chi connectivity index (χ1v) is 6.90. The monoisotopic (exact) mass is 333 g/mol. The zero-order valence-electron chi connectivity index (χ0n) is 10.6. The molecule has 3 nitrogen and oxygen atoms in total. The summed E-state index contributed by atoms with van der Waals surface area (Å²) in [5.74, 6) is -0.804. The first-order chi connectivity index (χ1) is 8.32. The van der Waals surface area contributed by atoms with Crippen LogP contribution < -0.4 is 5.32 Å². The van der Waals surface area contributed by atoms with Gasteiger partial charge >= 0.3 is 5.97 Å². The average molecular weight is 335 g/mol. The van der Waals surface area contributed by atoms with Gasteiger partial charge in [0.25, 0.3) is 0 Å². The fourth-order valence-corrected chi connectivity index (χ4v) is 2.44. The molecule has 18 heavy (non-hydrogen) atoms. The Kier molecular flexibility index (Phi) is 5.63. The van der Waals surface area contributed by atoms with Crippen molar-refractivity contribution in [3.05, 3.63) is 32.8 Å². The Balaban J connectivity index is 2.79. The van der Waals surface area contributed by atoms with E-state index < -0.39 is 12.0 Å². The Labute approximate surface area is 121 Å². The van der Waals surface area contributed by atoms with Gasteiger partial charge in [-0.15, -0.1) is 0 Å². The van der Waals surface area contributed by atoms with Crippen LogP contribution in [0.4, 0.5) is 0 Å². The molecule has 0 unspecified atom stereocenters. The van der Waals surface area contributed by atoms with Gasteiger partial charge in [-0.25, -0.2) is 0 Å². The summed E-state index contributed by atoms with van der Waals surface area (Å²) in [5.41, 5.74) is 1.95. The number of hydrogen-bond donors (Lipinski definition) is 2. The van der Waals surface area contributed by atoms with E-state index in [1.54, 1.807) is 0 Å². The molecule has 0 bridgehead atoms. The lowest BCUT2D eigenvalue weighted by Gasteiger charge is -2.18. The SMILES string of the molecule is Cc1cc(Br)c(CN[C@H](C(=O)O)C(C)C)cc1Cl. The van der Waals surface area contributed by atoms with Crippen LogP contribution in [-0.2, 0) is 11.3 Å². The van der Waals surface area contributed by atoms with E-state index in [0.29, 0.717) is 11.6 Å². The molecule has 0 aliphatic heterocycles. The van der Waals surface area contributed by atoms with Crippen molar-refractivity contribution >= 4 is 33.5 Å². The molecule has 100 valence electrons. The van der Waals surface area contributed by atoms with E-state index in [1.165, 1.54) is 0 Å². The van der Waals surface area contributed by atoms with Gasteiger partial charge in [-0.1, -0.05) is 41.4 Å². The Hall–Kier alpha value is -0.580. The van der Waals surface area contributed by atoms with Crippen LogP contribution >= 0.6 is 27.5 Å². The Morgan fingerprint density at radius 1 is 1.50 bits per heavy atom. The standard InChI is InChI=1S/C13H17BrClNO2/c1-7(2)12(13(17)18)16-6-9-5-11(15)8(3)4-10(9)14/h4-5,7,12,16H,6H2,1-3H3,(H,17,18)/t12-/m0/s1. The van der Waals surface area contributed by atoms with Crippen molar-refractivity contribution in [3.8, 4) is 0 Å². The second-order valence-electron chi connectivity index (χ2n) is 4.63. The van der Waals surface area contributed by atoms with Gasteiger partial charge in [0.15, 0.2) is 0 Å². The lowest BCUT2D eigenvalue weighted by Crippen LogP contribution is -2.40. The van der Waals surface area contributed by atoms with Crippen LogP contribution in [0.3, 0.4) is 0 Å². The molecule has 0 fully saturated rings. The molecule has 0 spiro atoms. The third-order valence-electron chi connectivity index (χ3n) is 2.77. The predicted octanol–water partition coefficient (Wildman–Crippen LogP) is 3.61. The van der Waals surface area contributed by atoms with Crippen LogP contribution in [-0.4, -0.2) is 17.1 Å². The molecular formula is C13H17BrClNO2. The molecule has 1 aromatic rings. The van der Waals surface area contributed by atoms with E-state index in [1.807, 2.05) is 32.9 Å². The van der Waals surface area contributed by atoms with Crippen molar-refractivity contribution in [1.29, 1.82) is 0 Å². The molecule has 1 rings (SSSR count). The van der Waals surface area contributed by atoms with Crippen LogP contribution in [0.5, 0.6) is 0 Å². The molecule has 1 aromatic carbocycles. The maximum Gasteiger partial charge on any atom is 0.320 e. The van der Waals surface area contributed by atoms with E-state index in [4.69, 9.17) is 16.7 Å². The molecule has 0 radical (unpaired) electrons. The first-order valence-electron chi connectivity index (χ1n) is 5.73. The highest BCUT2D eigenvalue weighted by molar-refractivity contribution is 9.10. The highest BCUT2D eigenvalue weighted by atomic mass is 79.9. The Morgan fingerprint density at radius 3 is 2.61 bits per heavy atom. The zero-order chi connectivity index (χ0) is 13.9. The summed E-state index contributed by atoms with van der Waals surface area (Å²) in [6.45, 7) is 6.15. The molecule has 0 saturated carbocycles. The van der Waals surface area contributed by atoms with Gasteiger partial charge in [-0.05, 0) is 36.1 Å². The average Bonchev–Trinajstić information content (AvgIpc) is 2.24. The molecule has 0 heterocycles. The Morgan fingerprint density at radius 2 is 2.11 bits per heavy atom. The molecule has 0 aliphatic carbocycles. The minimum Gasteiger partial charge on any atom is -0.480 e. The topological polar surface area (TPSA) is 49.3 Å². The van der Waals surface area contributed by atoms with Crippen LogP contribution in [0.15, 0.2) is 16.6 Å². The number of carbonyl (C=O) groups is 1. The molecular weight excluding hydrogens is 318 g/mol. The van der Waals surface area contributed by atoms with Crippen molar-refractivity contribution in [3.63, 3.8) is 0 Å².